The van der Waals surface area contributed by atoms with Gasteiger partial charge in [-0.3, -0.25) is 4.72 Å². The molecule has 1 N–H and O–H groups in total. The van der Waals surface area contributed by atoms with Gasteiger partial charge in [0.05, 0.1) is 23.8 Å². The molecule has 0 aliphatic carbocycles. The van der Waals surface area contributed by atoms with Crippen molar-refractivity contribution in [1.29, 1.82) is 0 Å². The molecular formula is C19H23NO4S. The minimum atomic E-state index is -3.66. The van der Waals surface area contributed by atoms with E-state index in [-0.39, 0.29) is 10.3 Å². The number of benzene rings is 2. The maximum atomic E-state index is 12.6. The molecule has 5 nitrogen and oxygen atoms in total. The van der Waals surface area contributed by atoms with Gasteiger partial charge >= 0.3 is 0 Å². The average Bonchev–Trinajstić information content (AvgIpc) is 2.78. The van der Waals surface area contributed by atoms with Crippen molar-refractivity contribution in [3.8, 4) is 11.5 Å². The van der Waals surface area contributed by atoms with Crippen molar-refractivity contribution in [3.63, 3.8) is 0 Å². The average molecular weight is 361 g/mol. The van der Waals surface area contributed by atoms with Gasteiger partial charge in [-0.1, -0.05) is 32.9 Å². The van der Waals surface area contributed by atoms with Crippen LogP contribution in [0.3, 0.4) is 0 Å². The van der Waals surface area contributed by atoms with Gasteiger partial charge in [0.1, 0.15) is 0 Å². The summed E-state index contributed by atoms with van der Waals surface area (Å²) in [7, 11) is -3.66. The number of ether oxygens (including phenoxy) is 2. The molecule has 0 saturated heterocycles. The molecule has 1 aliphatic heterocycles. The molecule has 0 amide bonds. The second-order valence-electron chi connectivity index (χ2n) is 7.09. The van der Waals surface area contributed by atoms with Gasteiger partial charge in [-0.05, 0) is 35.2 Å². The molecular weight excluding hydrogens is 338 g/mol. The molecule has 3 rings (SSSR count). The molecule has 0 unspecified atom stereocenters. The number of hydrogen-bond donors (Lipinski definition) is 1. The summed E-state index contributed by atoms with van der Waals surface area (Å²) < 4.78 is 39.0. The first-order valence-corrected chi connectivity index (χ1v) is 9.77. The van der Waals surface area contributed by atoms with Crippen molar-refractivity contribution >= 4 is 15.7 Å². The molecule has 0 saturated carbocycles. The summed E-state index contributed by atoms with van der Waals surface area (Å²) in [6.07, 6.45) is 0.801. The molecule has 1 heterocycles. The topological polar surface area (TPSA) is 64.6 Å². The van der Waals surface area contributed by atoms with Crippen LogP contribution in [-0.4, -0.2) is 21.6 Å². The van der Waals surface area contributed by atoms with E-state index >= 15 is 0 Å². The Morgan fingerprint density at radius 2 is 1.56 bits per heavy atom. The van der Waals surface area contributed by atoms with E-state index in [0.717, 1.165) is 12.0 Å². The van der Waals surface area contributed by atoms with E-state index < -0.39 is 10.0 Å². The minimum Gasteiger partial charge on any atom is -0.490 e. The van der Waals surface area contributed by atoms with E-state index in [0.29, 0.717) is 30.4 Å². The number of fused-ring (bicyclic) bond motifs is 1. The van der Waals surface area contributed by atoms with Crippen molar-refractivity contribution in [2.75, 3.05) is 17.9 Å². The quantitative estimate of drug-likeness (QED) is 0.899. The summed E-state index contributed by atoms with van der Waals surface area (Å²) in [5.74, 6) is 1.19. The van der Waals surface area contributed by atoms with Gasteiger partial charge < -0.3 is 9.47 Å². The van der Waals surface area contributed by atoms with Crippen LogP contribution in [0.4, 0.5) is 5.69 Å². The van der Waals surface area contributed by atoms with E-state index in [4.69, 9.17) is 9.47 Å². The zero-order chi connectivity index (χ0) is 18.1. The summed E-state index contributed by atoms with van der Waals surface area (Å²) in [6.45, 7) is 7.42. The first kappa shape index (κ1) is 17.6. The van der Waals surface area contributed by atoms with Gasteiger partial charge in [0.25, 0.3) is 10.0 Å². The summed E-state index contributed by atoms with van der Waals surface area (Å²) in [4.78, 5) is 0.229. The lowest BCUT2D eigenvalue weighted by Crippen LogP contribution is -2.15. The van der Waals surface area contributed by atoms with Gasteiger partial charge in [0.2, 0.25) is 0 Å². The van der Waals surface area contributed by atoms with Gasteiger partial charge in [-0.15, -0.1) is 0 Å². The van der Waals surface area contributed by atoms with E-state index in [9.17, 15) is 8.42 Å². The number of hydrogen-bond acceptors (Lipinski definition) is 4. The predicted molar refractivity (Wildman–Crippen MR) is 98.0 cm³/mol. The Morgan fingerprint density at radius 3 is 2.20 bits per heavy atom. The molecule has 0 radical (unpaired) electrons. The third-order valence-corrected chi connectivity index (χ3v) is 5.43. The Kier molecular flexibility index (Phi) is 4.64. The van der Waals surface area contributed by atoms with E-state index in [2.05, 4.69) is 25.5 Å². The zero-order valence-corrected chi connectivity index (χ0v) is 15.5. The van der Waals surface area contributed by atoms with Crippen LogP contribution in [0.15, 0.2) is 47.4 Å². The highest BCUT2D eigenvalue weighted by Crippen LogP contribution is 2.33. The Hall–Kier alpha value is -2.21. The fourth-order valence-electron chi connectivity index (χ4n) is 2.57. The Labute approximate surface area is 149 Å². The maximum absolute atomic E-state index is 12.6. The van der Waals surface area contributed by atoms with Crippen molar-refractivity contribution in [1.82, 2.24) is 0 Å². The molecule has 0 spiro atoms. The van der Waals surface area contributed by atoms with Crippen LogP contribution in [-0.2, 0) is 15.4 Å². The summed E-state index contributed by atoms with van der Waals surface area (Å²) in [5.41, 5.74) is 1.51. The lowest BCUT2D eigenvalue weighted by Gasteiger charge is -2.19. The smallest absolute Gasteiger partial charge is 0.261 e. The highest BCUT2D eigenvalue weighted by Gasteiger charge is 2.19. The molecule has 1 aliphatic rings. The van der Waals surface area contributed by atoms with Crippen LogP contribution in [0, 0.1) is 0 Å². The number of anilines is 1. The lowest BCUT2D eigenvalue weighted by atomic mass is 9.87. The third kappa shape index (κ3) is 4.07. The van der Waals surface area contributed by atoms with E-state index in [1.54, 1.807) is 30.3 Å². The van der Waals surface area contributed by atoms with E-state index in [1.807, 2.05) is 12.1 Å². The largest absolute Gasteiger partial charge is 0.490 e. The second-order valence-corrected chi connectivity index (χ2v) is 8.77. The minimum absolute atomic E-state index is 0.0237. The highest BCUT2D eigenvalue weighted by atomic mass is 32.2. The highest BCUT2D eigenvalue weighted by molar-refractivity contribution is 7.92. The third-order valence-electron chi connectivity index (χ3n) is 4.03. The molecule has 2 aromatic rings. The molecule has 134 valence electrons. The van der Waals surface area contributed by atoms with Crippen LogP contribution < -0.4 is 14.2 Å². The van der Waals surface area contributed by atoms with Crippen molar-refractivity contribution < 1.29 is 17.9 Å². The normalized spacial score (nSPS) is 14.7. The number of sulfonamides is 1. The summed E-state index contributed by atoms with van der Waals surface area (Å²) in [6, 6.07) is 12.0. The van der Waals surface area contributed by atoms with Gasteiger partial charge in [0, 0.05) is 12.5 Å². The van der Waals surface area contributed by atoms with Gasteiger partial charge in [0.15, 0.2) is 11.5 Å². The van der Waals surface area contributed by atoms with Crippen molar-refractivity contribution in [3.05, 3.63) is 48.0 Å². The Morgan fingerprint density at radius 1 is 0.920 bits per heavy atom. The molecule has 0 atom stereocenters. The van der Waals surface area contributed by atoms with Gasteiger partial charge in [-0.2, -0.15) is 0 Å². The molecule has 0 fully saturated rings. The summed E-state index contributed by atoms with van der Waals surface area (Å²) in [5, 5.41) is 0. The van der Waals surface area contributed by atoms with Crippen molar-refractivity contribution in [2.24, 2.45) is 0 Å². The van der Waals surface area contributed by atoms with E-state index in [1.165, 1.54) is 0 Å². The maximum Gasteiger partial charge on any atom is 0.261 e. The van der Waals surface area contributed by atoms with Crippen LogP contribution in [0.25, 0.3) is 0 Å². The first-order valence-electron chi connectivity index (χ1n) is 8.29. The predicted octanol–water partition coefficient (Wildman–Crippen LogP) is 3.95. The first-order chi connectivity index (χ1) is 11.8. The SMILES string of the molecule is CC(C)(C)c1ccc(S(=O)(=O)Nc2ccc3c(c2)OCCCO3)cc1. The Bertz CT molecular complexity index is 852. The lowest BCUT2D eigenvalue weighted by molar-refractivity contribution is 0.297. The molecule has 6 heteroatoms. The summed E-state index contributed by atoms with van der Waals surface area (Å²) >= 11 is 0. The number of nitrogens with one attached hydrogen (secondary N) is 1. The molecule has 0 bridgehead atoms. The van der Waals surface area contributed by atoms with Crippen LogP contribution >= 0.6 is 0 Å². The second kappa shape index (κ2) is 6.59. The number of rotatable bonds is 3. The molecule has 25 heavy (non-hydrogen) atoms. The fourth-order valence-corrected chi connectivity index (χ4v) is 3.62. The fraction of sp³-hybridized carbons (Fsp3) is 0.368. The molecule has 0 aromatic heterocycles. The van der Waals surface area contributed by atoms with Gasteiger partial charge in [-0.25, -0.2) is 8.42 Å². The van der Waals surface area contributed by atoms with Crippen molar-refractivity contribution in [2.45, 2.75) is 37.5 Å². The Balaban J connectivity index is 1.83. The standard InChI is InChI=1S/C19H23NO4S/c1-19(2,3)14-5-8-16(9-6-14)25(21,22)20-15-7-10-17-18(13-15)24-12-4-11-23-17/h5-10,13,20H,4,11-12H2,1-3H3. The van der Waals surface area contributed by atoms with Crippen LogP contribution in [0.1, 0.15) is 32.8 Å². The molecule has 2 aromatic carbocycles. The zero-order valence-electron chi connectivity index (χ0n) is 14.7. The van der Waals surface area contributed by atoms with Crippen LogP contribution in [0.2, 0.25) is 0 Å². The van der Waals surface area contributed by atoms with Crippen LogP contribution in [0.5, 0.6) is 11.5 Å². The monoisotopic (exact) mass is 361 g/mol.